The highest BCUT2D eigenvalue weighted by Crippen LogP contribution is 2.20. The molecule has 0 radical (unpaired) electrons. The fraction of sp³-hybridized carbons (Fsp3) is 0.400. The number of hydrogen-bond donors (Lipinski definition) is 2. The monoisotopic (exact) mass is 269 g/mol. The fourth-order valence-corrected chi connectivity index (χ4v) is 2.41. The van der Waals surface area contributed by atoms with Crippen molar-refractivity contribution in [1.82, 2.24) is 20.3 Å². The molecule has 2 aromatic heterocycles. The highest BCUT2D eigenvalue weighted by Gasteiger charge is 2.17. The van der Waals surface area contributed by atoms with Crippen molar-refractivity contribution >= 4 is 5.82 Å². The average molecular weight is 269 g/mol. The summed E-state index contributed by atoms with van der Waals surface area (Å²) in [6.45, 7) is 1.89. The number of anilines is 1. The molecule has 3 heterocycles. The molecule has 3 rings (SSSR count). The SMILES string of the molecule is c1ccc(CCNc2cnc([C@H]3CCCN3)cn2)nc1. The summed E-state index contributed by atoms with van der Waals surface area (Å²) >= 11 is 0. The molecule has 5 heteroatoms. The highest BCUT2D eigenvalue weighted by atomic mass is 15.0. The van der Waals surface area contributed by atoms with Crippen molar-refractivity contribution in [2.45, 2.75) is 25.3 Å². The molecule has 2 aromatic rings. The summed E-state index contributed by atoms with van der Waals surface area (Å²) < 4.78 is 0. The molecule has 0 saturated carbocycles. The van der Waals surface area contributed by atoms with Crippen molar-refractivity contribution in [2.75, 3.05) is 18.4 Å². The molecule has 0 bridgehead atoms. The van der Waals surface area contributed by atoms with E-state index in [-0.39, 0.29) is 0 Å². The second kappa shape index (κ2) is 6.43. The molecule has 20 heavy (non-hydrogen) atoms. The van der Waals surface area contributed by atoms with E-state index >= 15 is 0 Å². The van der Waals surface area contributed by atoms with Crippen LogP contribution in [0, 0.1) is 0 Å². The highest BCUT2D eigenvalue weighted by molar-refractivity contribution is 5.31. The molecule has 104 valence electrons. The number of pyridine rings is 1. The van der Waals surface area contributed by atoms with Crippen LogP contribution in [0.15, 0.2) is 36.8 Å². The van der Waals surface area contributed by atoms with Crippen LogP contribution in [0.4, 0.5) is 5.82 Å². The maximum atomic E-state index is 4.48. The van der Waals surface area contributed by atoms with E-state index in [0.717, 1.165) is 43.1 Å². The first-order chi connectivity index (χ1) is 9.92. The summed E-state index contributed by atoms with van der Waals surface area (Å²) in [6.07, 6.45) is 8.75. The van der Waals surface area contributed by atoms with Crippen LogP contribution in [0.2, 0.25) is 0 Å². The van der Waals surface area contributed by atoms with Gasteiger partial charge in [0.1, 0.15) is 5.82 Å². The lowest BCUT2D eigenvalue weighted by atomic mass is 10.2. The van der Waals surface area contributed by atoms with E-state index in [9.17, 15) is 0 Å². The Morgan fingerprint density at radius 3 is 2.90 bits per heavy atom. The number of hydrogen-bond acceptors (Lipinski definition) is 5. The summed E-state index contributed by atoms with van der Waals surface area (Å²) in [5.41, 5.74) is 2.12. The number of nitrogens with zero attached hydrogens (tertiary/aromatic N) is 3. The molecule has 2 N–H and O–H groups in total. The van der Waals surface area contributed by atoms with Gasteiger partial charge in [0.25, 0.3) is 0 Å². The van der Waals surface area contributed by atoms with Gasteiger partial charge in [0.2, 0.25) is 0 Å². The number of rotatable bonds is 5. The lowest BCUT2D eigenvalue weighted by molar-refractivity contribution is 0.624. The van der Waals surface area contributed by atoms with Crippen LogP contribution >= 0.6 is 0 Å². The van der Waals surface area contributed by atoms with Gasteiger partial charge in [-0.3, -0.25) is 9.97 Å². The molecule has 0 unspecified atom stereocenters. The summed E-state index contributed by atoms with van der Waals surface area (Å²) in [4.78, 5) is 13.2. The van der Waals surface area contributed by atoms with Crippen LogP contribution < -0.4 is 10.6 Å². The second-order valence-corrected chi connectivity index (χ2v) is 4.97. The lowest BCUT2D eigenvalue weighted by Gasteiger charge is -2.10. The molecule has 1 atom stereocenters. The van der Waals surface area contributed by atoms with Gasteiger partial charge in [-0.25, -0.2) is 4.98 Å². The van der Waals surface area contributed by atoms with Crippen molar-refractivity contribution < 1.29 is 0 Å². The zero-order chi connectivity index (χ0) is 13.6. The quantitative estimate of drug-likeness (QED) is 0.868. The van der Waals surface area contributed by atoms with E-state index in [1.165, 1.54) is 6.42 Å². The molecule has 0 spiro atoms. The van der Waals surface area contributed by atoms with Crippen LogP contribution in [-0.2, 0) is 6.42 Å². The van der Waals surface area contributed by atoms with Crippen LogP contribution in [0.5, 0.6) is 0 Å². The smallest absolute Gasteiger partial charge is 0.144 e. The third-order valence-electron chi connectivity index (χ3n) is 3.50. The Kier molecular flexibility index (Phi) is 4.18. The molecule has 5 nitrogen and oxygen atoms in total. The maximum Gasteiger partial charge on any atom is 0.144 e. The normalized spacial score (nSPS) is 18.1. The predicted octanol–water partition coefficient (Wildman–Crippen LogP) is 1.95. The minimum absolute atomic E-state index is 0.380. The van der Waals surface area contributed by atoms with Crippen LogP contribution in [-0.4, -0.2) is 28.0 Å². The van der Waals surface area contributed by atoms with Crippen molar-refractivity contribution in [3.63, 3.8) is 0 Å². The molecule has 0 aromatic carbocycles. The molecule has 1 aliphatic rings. The summed E-state index contributed by atoms with van der Waals surface area (Å²) in [7, 11) is 0. The van der Waals surface area contributed by atoms with Gasteiger partial charge in [-0.05, 0) is 31.5 Å². The van der Waals surface area contributed by atoms with Crippen molar-refractivity contribution in [3.8, 4) is 0 Å². The van der Waals surface area contributed by atoms with E-state index in [2.05, 4.69) is 25.6 Å². The first kappa shape index (κ1) is 13.0. The first-order valence-electron chi connectivity index (χ1n) is 7.11. The summed E-state index contributed by atoms with van der Waals surface area (Å²) in [5, 5.41) is 6.70. The Hall–Kier alpha value is -2.01. The number of aromatic nitrogens is 3. The molecule has 1 saturated heterocycles. The lowest BCUT2D eigenvalue weighted by Crippen LogP contribution is -2.15. The molecule has 0 amide bonds. The molecular formula is C15H19N5. The zero-order valence-corrected chi connectivity index (χ0v) is 11.4. The minimum atomic E-state index is 0.380. The zero-order valence-electron chi connectivity index (χ0n) is 11.4. The van der Waals surface area contributed by atoms with Gasteiger partial charge in [-0.1, -0.05) is 6.07 Å². The minimum Gasteiger partial charge on any atom is -0.368 e. The maximum absolute atomic E-state index is 4.48. The molecule has 1 aliphatic heterocycles. The van der Waals surface area contributed by atoms with Gasteiger partial charge in [-0.2, -0.15) is 0 Å². The van der Waals surface area contributed by atoms with Crippen molar-refractivity contribution in [2.24, 2.45) is 0 Å². The topological polar surface area (TPSA) is 62.7 Å². The standard InChI is InChI=1S/C15H19N5/c1-2-7-16-12(4-1)6-9-18-15-11-19-14(10-20-15)13-5-3-8-17-13/h1-2,4,7,10-11,13,17H,3,5-6,8-9H2,(H,18,20)/t13-/m1/s1. The fourth-order valence-electron chi connectivity index (χ4n) is 2.41. The van der Waals surface area contributed by atoms with Gasteiger partial charge in [0.15, 0.2) is 0 Å². The van der Waals surface area contributed by atoms with Crippen molar-refractivity contribution in [3.05, 3.63) is 48.2 Å². The number of nitrogens with one attached hydrogen (secondary N) is 2. The van der Waals surface area contributed by atoms with Gasteiger partial charge < -0.3 is 10.6 Å². The van der Waals surface area contributed by atoms with E-state index in [0.29, 0.717) is 6.04 Å². The van der Waals surface area contributed by atoms with E-state index in [1.807, 2.05) is 36.8 Å². The van der Waals surface area contributed by atoms with E-state index in [4.69, 9.17) is 0 Å². The Morgan fingerprint density at radius 2 is 2.20 bits per heavy atom. The van der Waals surface area contributed by atoms with Crippen LogP contribution in [0.1, 0.15) is 30.3 Å². The van der Waals surface area contributed by atoms with Gasteiger partial charge >= 0.3 is 0 Å². The van der Waals surface area contributed by atoms with Gasteiger partial charge in [0, 0.05) is 24.9 Å². The van der Waals surface area contributed by atoms with Crippen LogP contribution in [0.25, 0.3) is 0 Å². The largest absolute Gasteiger partial charge is 0.368 e. The first-order valence-corrected chi connectivity index (χ1v) is 7.11. The predicted molar refractivity (Wildman–Crippen MR) is 78.4 cm³/mol. The Balaban J connectivity index is 1.50. The van der Waals surface area contributed by atoms with Crippen LogP contribution in [0.3, 0.4) is 0 Å². The Bertz CT molecular complexity index is 520. The molecular weight excluding hydrogens is 250 g/mol. The summed E-state index contributed by atoms with van der Waals surface area (Å²) in [5.74, 6) is 0.822. The Labute approximate surface area is 118 Å². The van der Waals surface area contributed by atoms with E-state index < -0.39 is 0 Å². The van der Waals surface area contributed by atoms with Gasteiger partial charge in [-0.15, -0.1) is 0 Å². The van der Waals surface area contributed by atoms with E-state index in [1.54, 1.807) is 0 Å². The second-order valence-electron chi connectivity index (χ2n) is 4.97. The average Bonchev–Trinajstić information content (AvgIpc) is 3.03. The summed E-state index contributed by atoms with van der Waals surface area (Å²) in [6, 6.07) is 6.34. The molecule has 1 fully saturated rings. The third kappa shape index (κ3) is 3.30. The Morgan fingerprint density at radius 1 is 1.20 bits per heavy atom. The molecule has 0 aliphatic carbocycles. The van der Waals surface area contributed by atoms with Gasteiger partial charge in [0.05, 0.1) is 24.1 Å². The van der Waals surface area contributed by atoms with Crippen molar-refractivity contribution in [1.29, 1.82) is 0 Å². The third-order valence-corrected chi connectivity index (χ3v) is 3.50.